The molecular formula is C17H23BrNO6SSi-. The fraction of sp³-hybridized carbons (Fsp3) is 0.412. The van der Waals surface area contributed by atoms with Crippen LogP contribution in [0.2, 0.25) is 19.6 Å². The number of hydrogen-bond donors (Lipinski definition) is 2. The zero-order chi connectivity index (χ0) is 20.2. The molecule has 2 atom stereocenters. The van der Waals surface area contributed by atoms with Gasteiger partial charge in [0.2, 0.25) is 14.1 Å². The highest BCUT2D eigenvalue weighted by Gasteiger charge is 2.31. The monoisotopic (exact) mass is 476 g/mol. The number of hydrogen-bond acceptors (Lipinski definition) is 6. The summed E-state index contributed by atoms with van der Waals surface area (Å²) >= 11 is 1.17. The van der Waals surface area contributed by atoms with E-state index in [1.165, 1.54) is 0 Å². The lowest BCUT2D eigenvalue weighted by atomic mass is 10.1. The lowest BCUT2D eigenvalue weighted by Crippen LogP contribution is -2.29. The largest absolute Gasteiger partial charge is 0.760 e. The number of nitrogens with one attached hydrogen (secondary N) is 1. The van der Waals surface area contributed by atoms with Gasteiger partial charge in [0, 0.05) is 17.8 Å². The van der Waals surface area contributed by atoms with Crippen LogP contribution in [0.5, 0.6) is 17.2 Å². The van der Waals surface area contributed by atoms with Crippen molar-refractivity contribution in [3.8, 4) is 28.6 Å². The van der Waals surface area contributed by atoms with Crippen molar-refractivity contribution >= 4 is 35.5 Å². The van der Waals surface area contributed by atoms with E-state index in [4.69, 9.17) is 13.6 Å². The molecule has 2 N–H and O–H groups in total. The van der Waals surface area contributed by atoms with E-state index in [0.29, 0.717) is 23.5 Å². The second-order valence-corrected chi connectivity index (χ2v) is 13.1. The molecule has 0 radical (unpaired) electrons. The van der Waals surface area contributed by atoms with Crippen LogP contribution in [0.25, 0.3) is 11.3 Å². The topological polar surface area (TPSA) is 104 Å². The fourth-order valence-electron chi connectivity index (χ4n) is 2.45. The van der Waals surface area contributed by atoms with Gasteiger partial charge in [0.15, 0.2) is 17.3 Å². The van der Waals surface area contributed by atoms with E-state index in [2.05, 4.69) is 20.7 Å². The lowest BCUT2D eigenvalue weighted by Gasteiger charge is -2.20. The maximum absolute atomic E-state index is 10.8. The van der Waals surface area contributed by atoms with E-state index in [1.807, 2.05) is 31.8 Å². The first-order valence-electron chi connectivity index (χ1n) is 8.29. The number of methoxy groups -OCH3 is 1. The molecule has 1 aromatic heterocycles. The summed E-state index contributed by atoms with van der Waals surface area (Å²) in [6, 6.07) is 7.20. The van der Waals surface area contributed by atoms with E-state index in [-0.39, 0.29) is 28.6 Å². The average molecular weight is 477 g/mol. The molecule has 2 aromatic rings. The van der Waals surface area contributed by atoms with Gasteiger partial charge in [-0.25, -0.2) is 4.72 Å². The molecule has 0 aliphatic heterocycles. The predicted octanol–water partition coefficient (Wildman–Crippen LogP) is 4.08. The van der Waals surface area contributed by atoms with E-state index in [0.717, 1.165) is 0 Å². The van der Waals surface area contributed by atoms with Gasteiger partial charge in [-0.15, -0.1) is 0 Å². The lowest BCUT2D eigenvalue weighted by molar-refractivity contribution is 0.411. The van der Waals surface area contributed by atoms with Crippen molar-refractivity contribution in [3.63, 3.8) is 0 Å². The summed E-state index contributed by atoms with van der Waals surface area (Å²) in [5.41, 5.74) is 0.600. The van der Waals surface area contributed by atoms with Gasteiger partial charge in [-0.05, 0) is 38.2 Å². The first-order valence-corrected chi connectivity index (χ1v) is 13.7. The molecule has 0 amide bonds. The number of ether oxygens (including phenoxy) is 1. The standard InChI is InChI=1S/C17H24BrNO6SSi/c1-23-13-8-6-5-7-11(13)15-14(20)17(25-27(2,3)4)16(24-15)12(18)9-10-19-26(21)22/h5-8,12,19-20H,9-10H2,1-4H3,(H,21,22)/p-1. The van der Waals surface area contributed by atoms with Crippen LogP contribution in [0.1, 0.15) is 17.0 Å². The Balaban J connectivity index is 2.46. The van der Waals surface area contributed by atoms with Crippen molar-refractivity contribution < 1.29 is 27.4 Å². The third-order valence-electron chi connectivity index (χ3n) is 3.53. The van der Waals surface area contributed by atoms with E-state index >= 15 is 0 Å². The number of aromatic hydroxyl groups is 1. The Morgan fingerprint density at radius 3 is 2.63 bits per heavy atom. The van der Waals surface area contributed by atoms with Crippen molar-refractivity contribution in [1.29, 1.82) is 0 Å². The molecule has 0 fully saturated rings. The predicted molar refractivity (Wildman–Crippen MR) is 110 cm³/mol. The molecule has 2 rings (SSSR count). The van der Waals surface area contributed by atoms with Crippen molar-refractivity contribution in [3.05, 3.63) is 30.0 Å². The van der Waals surface area contributed by atoms with Gasteiger partial charge in [0.1, 0.15) is 5.75 Å². The van der Waals surface area contributed by atoms with Crippen molar-refractivity contribution in [2.24, 2.45) is 0 Å². The molecule has 10 heteroatoms. The van der Waals surface area contributed by atoms with Gasteiger partial charge in [-0.3, -0.25) is 4.21 Å². The summed E-state index contributed by atoms with van der Waals surface area (Å²) in [5.74, 6) is 1.40. The Hall–Kier alpha value is -1.33. The molecule has 27 heavy (non-hydrogen) atoms. The van der Waals surface area contributed by atoms with Gasteiger partial charge >= 0.3 is 0 Å². The summed E-state index contributed by atoms with van der Waals surface area (Å²) in [5, 5.41) is 10.8. The number of furan rings is 1. The normalized spacial score (nSPS) is 14.0. The number of rotatable bonds is 9. The number of benzene rings is 1. The van der Waals surface area contributed by atoms with Crippen molar-refractivity contribution in [1.82, 2.24) is 4.72 Å². The smallest absolute Gasteiger partial charge is 0.242 e. The molecule has 2 unspecified atom stereocenters. The van der Waals surface area contributed by atoms with Crippen LogP contribution in [-0.4, -0.2) is 35.8 Å². The van der Waals surface area contributed by atoms with Crippen LogP contribution in [0, 0.1) is 0 Å². The summed E-state index contributed by atoms with van der Waals surface area (Å²) in [6.07, 6.45) is 0.411. The van der Waals surface area contributed by atoms with E-state index in [1.54, 1.807) is 19.2 Å². The summed E-state index contributed by atoms with van der Waals surface area (Å²) in [6.45, 7) is 6.20. The second kappa shape index (κ2) is 9.24. The molecule has 150 valence electrons. The van der Waals surface area contributed by atoms with Crippen LogP contribution >= 0.6 is 15.9 Å². The molecule has 0 aliphatic carbocycles. The first kappa shape index (κ1) is 22.0. The highest BCUT2D eigenvalue weighted by atomic mass is 79.9. The summed E-state index contributed by atoms with van der Waals surface area (Å²) in [7, 11) is -0.509. The zero-order valence-corrected chi connectivity index (χ0v) is 19.0. The molecule has 0 saturated carbocycles. The van der Waals surface area contributed by atoms with Crippen LogP contribution in [0.4, 0.5) is 0 Å². The van der Waals surface area contributed by atoms with Crippen LogP contribution in [-0.2, 0) is 11.3 Å². The molecule has 1 aromatic carbocycles. The van der Waals surface area contributed by atoms with Crippen molar-refractivity contribution in [2.45, 2.75) is 30.9 Å². The fourth-order valence-corrected chi connectivity index (χ4v) is 4.07. The Kier molecular flexibility index (Phi) is 7.52. The maximum atomic E-state index is 10.8. The number of para-hydroxylation sites is 1. The highest BCUT2D eigenvalue weighted by molar-refractivity contribution is 9.09. The van der Waals surface area contributed by atoms with Crippen LogP contribution in [0.15, 0.2) is 28.7 Å². The Bertz CT molecular complexity index is 807. The van der Waals surface area contributed by atoms with Gasteiger partial charge < -0.3 is 23.2 Å². The van der Waals surface area contributed by atoms with Crippen LogP contribution in [0.3, 0.4) is 0 Å². The molecule has 0 aliphatic rings. The second-order valence-electron chi connectivity index (χ2n) is 6.77. The minimum Gasteiger partial charge on any atom is -0.760 e. The minimum absolute atomic E-state index is 0.0956. The Morgan fingerprint density at radius 2 is 2.04 bits per heavy atom. The number of alkyl halides is 1. The highest BCUT2D eigenvalue weighted by Crippen LogP contribution is 2.50. The maximum Gasteiger partial charge on any atom is 0.242 e. The Morgan fingerprint density at radius 1 is 1.37 bits per heavy atom. The average Bonchev–Trinajstić information content (AvgIpc) is 2.89. The van der Waals surface area contributed by atoms with Gasteiger partial charge in [0.05, 0.1) is 17.5 Å². The quantitative estimate of drug-likeness (QED) is 0.320. The van der Waals surface area contributed by atoms with Gasteiger partial charge in [-0.2, -0.15) is 0 Å². The first-order chi connectivity index (χ1) is 12.6. The molecule has 0 saturated heterocycles. The molecule has 7 nitrogen and oxygen atoms in total. The molecule has 0 bridgehead atoms. The van der Waals surface area contributed by atoms with E-state index < -0.39 is 19.6 Å². The third kappa shape index (κ3) is 5.82. The van der Waals surface area contributed by atoms with E-state index in [9.17, 15) is 13.9 Å². The summed E-state index contributed by atoms with van der Waals surface area (Å²) in [4.78, 5) is -0.353. The Labute approximate surface area is 170 Å². The third-order valence-corrected chi connectivity index (χ3v) is 5.66. The summed E-state index contributed by atoms with van der Waals surface area (Å²) < 4.78 is 41.1. The van der Waals surface area contributed by atoms with Crippen molar-refractivity contribution in [2.75, 3.05) is 13.7 Å². The minimum atomic E-state index is -2.33. The van der Waals surface area contributed by atoms with Gasteiger partial charge in [0.25, 0.3) is 0 Å². The van der Waals surface area contributed by atoms with Crippen LogP contribution < -0.4 is 13.9 Å². The van der Waals surface area contributed by atoms with Gasteiger partial charge in [-0.1, -0.05) is 28.1 Å². The zero-order valence-electron chi connectivity index (χ0n) is 15.6. The molecule has 1 heterocycles. The number of halogens is 1. The molecular weight excluding hydrogens is 454 g/mol. The SMILES string of the molecule is COc1ccccc1-c1oc(C(Br)CCNS(=O)[O-])c(O[Si](C)(C)C)c1O. The molecule has 0 spiro atoms.